The van der Waals surface area contributed by atoms with Crippen LogP contribution in [0.5, 0.6) is 0 Å². The first-order chi connectivity index (χ1) is 13.4. The second-order valence-electron chi connectivity index (χ2n) is 5.91. The number of rotatable bonds is 5. The lowest BCUT2D eigenvalue weighted by atomic mass is 10.1. The standard InChI is InChI=1S/C19H16F2N2O4S/c1-11(27-18(26)12-6-2-5-9-15(12)28-19(20)21)17(25)23-10-16(24)22-13-7-3-4-8-14(13)23/h2-9,11,19H,10H2,1H3,(H,22,24)/t11-/m1/s1. The molecule has 1 aliphatic heterocycles. The molecule has 1 aliphatic rings. The van der Waals surface area contributed by atoms with Crippen LogP contribution in [0.15, 0.2) is 53.4 Å². The van der Waals surface area contributed by atoms with Gasteiger partial charge in [-0.25, -0.2) is 4.79 Å². The number of ether oxygens (including phenoxy) is 1. The molecule has 1 atom stereocenters. The number of para-hydroxylation sites is 2. The lowest BCUT2D eigenvalue weighted by Crippen LogP contribution is -2.47. The summed E-state index contributed by atoms with van der Waals surface area (Å²) < 4.78 is 30.6. The lowest BCUT2D eigenvalue weighted by Gasteiger charge is -2.30. The smallest absolute Gasteiger partial charge is 0.340 e. The normalized spacial score (nSPS) is 14.3. The van der Waals surface area contributed by atoms with Crippen LogP contribution in [-0.2, 0) is 14.3 Å². The van der Waals surface area contributed by atoms with Crippen LogP contribution >= 0.6 is 11.8 Å². The summed E-state index contributed by atoms with van der Waals surface area (Å²) in [6.07, 6.45) is -1.21. The molecule has 3 rings (SSSR count). The van der Waals surface area contributed by atoms with E-state index >= 15 is 0 Å². The highest BCUT2D eigenvalue weighted by atomic mass is 32.2. The van der Waals surface area contributed by atoms with Crippen LogP contribution in [-0.4, -0.2) is 36.2 Å². The Balaban J connectivity index is 1.77. The van der Waals surface area contributed by atoms with Gasteiger partial charge in [0.25, 0.3) is 11.7 Å². The molecule has 1 N–H and O–H groups in total. The molecule has 0 aromatic heterocycles. The predicted octanol–water partition coefficient (Wildman–Crippen LogP) is 3.53. The Hall–Kier alpha value is -2.94. The maximum absolute atomic E-state index is 12.8. The van der Waals surface area contributed by atoms with Crippen molar-refractivity contribution < 1.29 is 27.9 Å². The Kier molecular flexibility index (Phi) is 5.93. The molecule has 2 amide bonds. The van der Waals surface area contributed by atoms with Crippen molar-refractivity contribution in [2.45, 2.75) is 23.7 Å². The van der Waals surface area contributed by atoms with Gasteiger partial charge in [-0.2, -0.15) is 8.78 Å². The Labute approximate surface area is 163 Å². The molecule has 28 heavy (non-hydrogen) atoms. The molecule has 0 spiro atoms. The molecule has 1 heterocycles. The molecule has 0 unspecified atom stereocenters. The van der Waals surface area contributed by atoms with Crippen molar-refractivity contribution in [1.29, 1.82) is 0 Å². The van der Waals surface area contributed by atoms with Gasteiger partial charge >= 0.3 is 5.97 Å². The number of halogens is 2. The second-order valence-corrected chi connectivity index (χ2v) is 6.94. The van der Waals surface area contributed by atoms with Crippen molar-refractivity contribution in [2.75, 3.05) is 16.8 Å². The number of carbonyl (C=O) groups is 3. The number of esters is 1. The largest absolute Gasteiger partial charge is 0.449 e. The van der Waals surface area contributed by atoms with E-state index in [0.29, 0.717) is 11.4 Å². The first-order valence-corrected chi connectivity index (χ1v) is 9.20. The number of alkyl halides is 2. The molecule has 0 radical (unpaired) electrons. The Morgan fingerprint density at radius 1 is 1.14 bits per heavy atom. The van der Waals surface area contributed by atoms with Gasteiger partial charge in [0.15, 0.2) is 6.10 Å². The summed E-state index contributed by atoms with van der Waals surface area (Å²) in [7, 11) is 0. The number of carbonyl (C=O) groups excluding carboxylic acids is 3. The number of anilines is 2. The second kappa shape index (κ2) is 8.39. The van der Waals surface area contributed by atoms with Crippen LogP contribution in [0.4, 0.5) is 20.2 Å². The molecule has 9 heteroatoms. The number of benzene rings is 2. The topological polar surface area (TPSA) is 75.7 Å². The van der Waals surface area contributed by atoms with E-state index in [-0.39, 0.29) is 34.7 Å². The van der Waals surface area contributed by atoms with E-state index < -0.39 is 23.7 Å². The average molecular weight is 406 g/mol. The molecule has 0 fully saturated rings. The SMILES string of the molecule is C[C@@H](OC(=O)c1ccccc1SC(F)F)C(=O)N1CC(=O)Nc2ccccc21. The van der Waals surface area contributed by atoms with Crippen molar-refractivity contribution in [1.82, 2.24) is 0 Å². The molecule has 0 saturated heterocycles. The highest BCUT2D eigenvalue weighted by Crippen LogP contribution is 2.31. The average Bonchev–Trinajstić information content (AvgIpc) is 2.66. The summed E-state index contributed by atoms with van der Waals surface area (Å²) in [5, 5.41) is 2.66. The summed E-state index contributed by atoms with van der Waals surface area (Å²) in [6.45, 7) is 1.16. The third kappa shape index (κ3) is 4.30. The third-order valence-corrected chi connectivity index (χ3v) is 4.78. The van der Waals surface area contributed by atoms with Gasteiger partial charge < -0.3 is 10.1 Å². The Morgan fingerprint density at radius 2 is 1.82 bits per heavy atom. The fourth-order valence-electron chi connectivity index (χ4n) is 2.76. The van der Waals surface area contributed by atoms with Gasteiger partial charge in [-0.15, -0.1) is 0 Å². The quantitative estimate of drug-likeness (QED) is 0.607. The number of hydrogen-bond acceptors (Lipinski definition) is 5. The van der Waals surface area contributed by atoms with Gasteiger partial charge in [-0.05, 0) is 31.2 Å². The van der Waals surface area contributed by atoms with Crippen LogP contribution in [0.2, 0.25) is 0 Å². The molecule has 2 aromatic rings. The number of hydrogen-bond donors (Lipinski definition) is 1. The minimum atomic E-state index is -2.70. The van der Waals surface area contributed by atoms with Crippen molar-refractivity contribution in [3.63, 3.8) is 0 Å². The van der Waals surface area contributed by atoms with Crippen molar-refractivity contribution in [2.24, 2.45) is 0 Å². The number of thioether (sulfide) groups is 1. The summed E-state index contributed by atoms with van der Waals surface area (Å²) in [6, 6.07) is 12.5. The van der Waals surface area contributed by atoms with E-state index in [0.717, 1.165) is 0 Å². The minimum absolute atomic E-state index is 0.0516. The molecule has 0 saturated carbocycles. The number of amides is 2. The zero-order valence-electron chi connectivity index (χ0n) is 14.7. The number of nitrogens with one attached hydrogen (secondary N) is 1. The Bertz CT molecular complexity index is 922. The van der Waals surface area contributed by atoms with E-state index in [9.17, 15) is 23.2 Å². The van der Waals surface area contributed by atoms with Gasteiger partial charge in [-0.1, -0.05) is 36.0 Å². The molecule has 2 aromatic carbocycles. The summed E-state index contributed by atoms with van der Waals surface area (Å²) >= 11 is 0.225. The van der Waals surface area contributed by atoms with E-state index in [1.807, 2.05) is 0 Å². The monoisotopic (exact) mass is 406 g/mol. The first-order valence-electron chi connectivity index (χ1n) is 8.32. The maximum Gasteiger partial charge on any atom is 0.340 e. The van der Waals surface area contributed by atoms with Crippen LogP contribution in [0, 0.1) is 0 Å². The van der Waals surface area contributed by atoms with Gasteiger partial charge in [0.1, 0.15) is 6.54 Å². The maximum atomic E-state index is 12.8. The van der Waals surface area contributed by atoms with Crippen LogP contribution in [0.1, 0.15) is 17.3 Å². The van der Waals surface area contributed by atoms with Crippen molar-refractivity contribution in [3.8, 4) is 0 Å². The van der Waals surface area contributed by atoms with Gasteiger partial charge in [0.2, 0.25) is 5.91 Å². The minimum Gasteiger partial charge on any atom is -0.449 e. The van der Waals surface area contributed by atoms with Gasteiger partial charge in [0.05, 0.1) is 16.9 Å². The predicted molar refractivity (Wildman–Crippen MR) is 101 cm³/mol. The molecular formula is C19H16F2N2O4S. The van der Waals surface area contributed by atoms with E-state index in [4.69, 9.17) is 4.74 Å². The zero-order valence-corrected chi connectivity index (χ0v) is 15.5. The van der Waals surface area contributed by atoms with E-state index in [1.165, 1.54) is 36.1 Å². The summed E-state index contributed by atoms with van der Waals surface area (Å²) in [5.41, 5.74) is 0.914. The summed E-state index contributed by atoms with van der Waals surface area (Å²) in [5.74, 6) is -4.55. The van der Waals surface area contributed by atoms with Gasteiger partial charge in [-0.3, -0.25) is 14.5 Å². The van der Waals surface area contributed by atoms with E-state index in [1.54, 1.807) is 24.3 Å². The van der Waals surface area contributed by atoms with Crippen molar-refractivity contribution in [3.05, 3.63) is 54.1 Å². The molecule has 0 aliphatic carbocycles. The van der Waals surface area contributed by atoms with Crippen molar-refractivity contribution >= 4 is 40.9 Å². The number of nitrogens with zero attached hydrogens (tertiary/aromatic N) is 1. The molecular weight excluding hydrogens is 390 g/mol. The first kappa shape index (κ1) is 19.8. The third-order valence-electron chi connectivity index (χ3n) is 3.99. The fourth-order valence-corrected chi connectivity index (χ4v) is 3.39. The highest BCUT2D eigenvalue weighted by molar-refractivity contribution is 7.99. The van der Waals surface area contributed by atoms with E-state index in [2.05, 4.69) is 5.32 Å². The van der Waals surface area contributed by atoms with Crippen LogP contribution in [0.25, 0.3) is 0 Å². The van der Waals surface area contributed by atoms with Gasteiger partial charge in [0, 0.05) is 4.90 Å². The molecule has 6 nitrogen and oxygen atoms in total. The lowest BCUT2D eigenvalue weighted by molar-refractivity contribution is -0.128. The fraction of sp³-hybridized carbons (Fsp3) is 0.211. The van der Waals surface area contributed by atoms with Crippen LogP contribution < -0.4 is 10.2 Å². The Morgan fingerprint density at radius 3 is 2.57 bits per heavy atom. The molecule has 146 valence electrons. The molecule has 0 bridgehead atoms. The summed E-state index contributed by atoms with van der Waals surface area (Å²) in [4.78, 5) is 38.4. The number of fused-ring (bicyclic) bond motifs is 1. The van der Waals surface area contributed by atoms with Crippen LogP contribution in [0.3, 0.4) is 0 Å². The highest BCUT2D eigenvalue weighted by Gasteiger charge is 2.32. The zero-order chi connectivity index (χ0) is 20.3.